The highest BCUT2D eigenvalue weighted by Gasteiger charge is 2.10. The Morgan fingerprint density at radius 2 is 1.89 bits per heavy atom. The van der Waals surface area contributed by atoms with Crippen LogP contribution in [-0.4, -0.2) is 19.1 Å². The van der Waals surface area contributed by atoms with Crippen LogP contribution < -0.4 is 10.3 Å². The van der Waals surface area contributed by atoms with Crippen LogP contribution in [-0.2, 0) is 6.42 Å². The molecule has 0 radical (unpaired) electrons. The number of H-pyrrole nitrogens is 1. The third-order valence-electron chi connectivity index (χ3n) is 3.50. The lowest BCUT2D eigenvalue weighted by molar-refractivity contribution is 1.02. The minimum atomic E-state index is 0.146. The van der Waals surface area contributed by atoms with E-state index in [0.29, 0.717) is 0 Å². The number of hydrogen-bond acceptors (Lipinski definition) is 2. The number of nitrogens with one attached hydrogen (secondary N) is 1. The van der Waals surface area contributed by atoms with Gasteiger partial charge >= 0.3 is 0 Å². The molecule has 2 aromatic rings. The Bertz CT molecular complexity index is 654. The zero-order valence-electron chi connectivity index (χ0n) is 11.7. The van der Waals surface area contributed by atoms with Gasteiger partial charge in [0.2, 0.25) is 0 Å². The van der Waals surface area contributed by atoms with Crippen molar-refractivity contribution in [1.29, 1.82) is 0 Å². The smallest absolute Gasteiger partial charge is 0.192 e. The van der Waals surface area contributed by atoms with E-state index in [1.54, 1.807) is 0 Å². The van der Waals surface area contributed by atoms with E-state index in [2.05, 4.69) is 18.0 Å². The molecule has 1 aromatic carbocycles. The van der Waals surface area contributed by atoms with Gasteiger partial charge in [-0.15, -0.1) is 0 Å². The van der Waals surface area contributed by atoms with Crippen LogP contribution in [0.4, 0.5) is 5.69 Å². The van der Waals surface area contributed by atoms with Gasteiger partial charge in [-0.2, -0.15) is 0 Å². The van der Waals surface area contributed by atoms with Crippen molar-refractivity contribution < 1.29 is 0 Å². The zero-order valence-corrected chi connectivity index (χ0v) is 11.7. The van der Waals surface area contributed by atoms with Gasteiger partial charge in [0.25, 0.3) is 0 Å². The molecule has 1 N–H and O–H groups in total. The second-order valence-electron chi connectivity index (χ2n) is 4.99. The topological polar surface area (TPSA) is 36.1 Å². The number of nitrogens with zero attached hydrogens (tertiary/aromatic N) is 1. The summed E-state index contributed by atoms with van der Waals surface area (Å²) in [7, 11) is 3.98. The van der Waals surface area contributed by atoms with Gasteiger partial charge < -0.3 is 9.88 Å². The molecule has 1 aromatic heterocycles. The fraction of sp³-hybridized carbons (Fsp3) is 0.400. The quantitative estimate of drug-likeness (QED) is 0.881. The SMILES string of the molecule is CCc1[nH]c2c(C)cc(N(C)C)cc2c(=O)c1C. The van der Waals surface area contributed by atoms with E-state index < -0.39 is 0 Å². The number of aromatic nitrogens is 1. The van der Waals surface area contributed by atoms with Crippen LogP contribution in [0.15, 0.2) is 16.9 Å². The second kappa shape index (κ2) is 4.48. The largest absolute Gasteiger partial charge is 0.378 e. The van der Waals surface area contributed by atoms with Gasteiger partial charge in [0.05, 0.1) is 5.52 Å². The molecule has 0 amide bonds. The summed E-state index contributed by atoms with van der Waals surface area (Å²) in [4.78, 5) is 17.8. The molecule has 0 aliphatic carbocycles. The van der Waals surface area contributed by atoms with Crippen molar-refractivity contribution in [3.63, 3.8) is 0 Å². The first kappa shape index (κ1) is 12.7. The van der Waals surface area contributed by atoms with Crippen molar-refractivity contribution in [2.75, 3.05) is 19.0 Å². The zero-order chi connectivity index (χ0) is 13.4. The maximum absolute atomic E-state index is 12.4. The van der Waals surface area contributed by atoms with Crippen LogP contribution >= 0.6 is 0 Å². The molecule has 0 fully saturated rings. The first-order valence-corrected chi connectivity index (χ1v) is 6.29. The molecule has 0 aliphatic rings. The third kappa shape index (κ3) is 1.90. The van der Waals surface area contributed by atoms with Gasteiger partial charge in [0, 0.05) is 36.4 Å². The number of aromatic amines is 1. The maximum atomic E-state index is 12.4. The Kier molecular flexibility index (Phi) is 3.16. The highest BCUT2D eigenvalue weighted by Crippen LogP contribution is 2.22. The molecule has 3 heteroatoms. The fourth-order valence-electron chi connectivity index (χ4n) is 2.31. The normalized spacial score (nSPS) is 10.9. The molecule has 96 valence electrons. The Hall–Kier alpha value is -1.77. The summed E-state index contributed by atoms with van der Waals surface area (Å²) in [5.74, 6) is 0. The monoisotopic (exact) mass is 244 g/mol. The van der Waals surface area contributed by atoms with Gasteiger partial charge in [-0.1, -0.05) is 6.92 Å². The third-order valence-corrected chi connectivity index (χ3v) is 3.50. The predicted molar refractivity (Wildman–Crippen MR) is 77.7 cm³/mol. The average molecular weight is 244 g/mol. The van der Waals surface area contributed by atoms with E-state index in [9.17, 15) is 4.79 Å². The molecular weight excluding hydrogens is 224 g/mol. The first-order chi connectivity index (χ1) is 8.45. The van der Waals surface area contributed by atoms with Crippen LogP contribution in [0.5, 0.6) is 0 Å². The van der Waals surface area contributed by atoms with Crippen molar-refractivity contribution in [3.05, 3.63) is 39.2 Å². The lowest BCUT2D eigenvalue weighted by Gasteiger charge is -2.16. The molecule has 3 nitrogen and oxygen atoms in total. The summed E-state index contributed by atoms with van der Waals surface area (Å²) in [6, 6.07) is 4.07. The number of aryl methyl sites for hydroxylation is 2. The molecule has 0 atom stereocenters. The lowest BCUT2D eigenvalue weighted by atomic mass is 10.0. The second-order valence-corrected chi connectivity index (χ2v) is 4.99. The van der Waals surface area contributed by atoms with Gasteiger partial charge in [0.1, 0.15) is 0 Å². The van der Waals surface area contributed by atoms with Gasteiger partial charge in [-0.25, -0.2) is 0 Å². The molecule has 2 rings (SSSR count). The Morgan fingerprint density at radius 3 is 2.44 bits per heavy atom. The van der Waals surface area contributed by atoms with Gasteiger partial charge in [-0.3, -0.25) is 4.79 Å². The number of hydrogen-bond donors (Lipinski definition) is 1. The summed E-state index contributed by atoms with van der Waals surface area (Å²) in [6.07, 6.45) is 0.853. The Morgan fingerprint density at radius 1 is 1.22 bits per heavy atom. The van der Waals surface area contributed by atoms with Crippen LogP contribution in [0, 0.1) is 13.8 Å². The van der Waals surface area contributed by atoms with Crippen LogP contribution in [0.2, 0.25) is 0 Å². The number of fused-ring (bicyclic) bond motifs is 1. The number of benzene rings is 1. The number of anilines is 1. The standard InChI is InChI=1S/C15H20N2O/c1-6-13-10(3)15(18)12-8-11(17(4)5)7-9(2)14(12)16-13/h7-8H,6H2,1-5H3,(H,16,18). The molecule has 1 heterocycles. The summed E-state index contributed by atoms with van der Waals surface area (Å²) >= 11 is 0. The molecular formula is C15H20N2O. The fourth-order valence-corrected chi connectivity index (χ4v) is 2.31. The molecule has 0 bridgehead atoms. The summed E-state index contributed by atoms with van der Waals surface area (Å²) < 4.78 is 0. The minimum absolute atomic E-state index is 0.146. The number of rotatable bonds is 2. The van der Waals surface area contributed by atoms with Gasteiger partial charge in [-0.05, 0) is 38.0 Å². The van der Waals surface area contributed by atoms with Crippen molar-refractivity contribution in [2.45, 2.75) is 27.2 Å². The Balaban J connectivity index is 2.89. The first-order valence-electron chi connectivity index (χ1n) is 6.29. The molecule has 0 spiro atoms. The molecule has 0 unspecified atom stereocenters. The Labute approximate surface area is 107 Å². The summed E-state index contributed by atoms with van der Waals surface area (Å²) in [5.41, 5.74) is 5.16. The summed E-state index contributed by atoms with van der Waals surface area (Å²) in [5, 5.41) is 0.786. The predicted octanol–water partition coefficient (Wildman–Crippen LogP) is 2.77. The van der Waals surface area contributed by atoms with E-state index in [4.69, 9.17) is 0 Å². The molecule has 0 saturated carbocycles. The molecule has 18 heavy (non-hydrogen) atoms. The summed E-state index contributed by atoms with van der Waals surface area (Å²) in [6.45, 7) is 6.00. The van der Waals surface area contributed by atoms with E-state index in [0.717, 1.165) is 39.8 Å². The van der Waals surface area contributed by atoms with E-state index in [1.165, 1.54) is 0 Å². The van der Waals surface area contributed by atoms with E-state index in [-0.39, 0.29) is 5.43 Å². The van der Waals surface area contributed by atoms with Crippen molar-refractivity contribution >= 4 is 16.6 Å². The van der Waals surface area contributed by atoms with Gasteiger partial charge in [0.15, 0.2) is 5.43 Å². The van der Waals surface area contributed by atoms with Crippen LogP contribution in [0.1, 0.15) is 23.7 Å². The highest BCUT2D eigenvalue weighted by atomic mass is 16.1. The number of pyridine rings is 1. The lowest BCUT2D eigenvalue weighted by Crippen LogP contribution is -2.14. The van der Waals surface area contributed by atoms with Crippen LogP contribution in [0.25, 0.3) is 10.9 Å². The minimum Gasteiger partial charge on any atom is -0.378 e. The van der Waals surface area contributed by atoms with Crippen molar-refractivity contribution in [3.8, 4) is 0 Å². The van der Waals surface area contributed by atoms with Crippen LogP contribution in [0.3, 0.4) is 0 Å². The van der Waals surface area contributed by atoms with Crippen molar-refractivity contribution in [2.24, 2.45) is 0 Å². The van der Waals surface area contributed by atoms with E-state index in [1.807, 2.05) is 38.9 Å². The van der Waals surface area contributed by atoms with E-state index >= 15 is 0 Å². The molecule has 0 saturated heterocycles. The molecule has 0 aliphatic heterocycles. The highest BCUT2D eigenvalue weighted by molar-refractivity contribution is 5.86. The van der Waals surface area contributed by atoms with Crippen molar-refractivity contribution in [1.82, 2.24) is 4.98 Å². The average Bonchev–Trinajstić information content (AvgIpc) is 2.33. The maximum Gasteiger partial charge on any atom is 0.192 e.